The van der Waals surface area contributed by atoms with Crippen molar-refractivity contribution in [3.8, 4) is 27.9 Å². The Morgan fingerprint density at radius 1 is 0.511 bits per heavy atom. The fourth-order valence-electron chi connectivity index (χ4n) is 7.14. The lowest BCUT2D eigenvalue weighted by atomic mass is 9.94. The van der Waals surface area contributed by atoms with Gasteiger partial charge in [-0.15, -0.1) is 0 Å². The van der Waals surface area contributed by atoms with E-state index in [4.69, 9.17) is 9.40 Å². The standard InChI is InChI=1S/C41H25N3O/c1-2-11-29-26(10-1)22-25-37-39(29)33-13-3-6-17-35(33)44-36-18-7-5-16-34(36)42-41(44)43(37)28-23-20-27(21-24-28)30-14-9-15-32-31-12-4-8-19-38(31)45-40(30)32/h1-25H. The molecule has 7 aromatic carbocycles. The minimum Gasteiger partial charge on any atom is -0.455 e. The first-order chi connectivity index (χ1) is 22.3. The van der Waals surface area contributed by atoms with Crippen LogP contribution in [0.5, 0.6) is 0 Å². The molecule has 0 spiro atoms. The van der Waals surface area contributed by atoms with E-state index in [1.54, 1.807) is 0 Å². The van der Waals surface area contributed by atoms with E-state index in [-0.39, 0.29) is 0 Å². The van der Waals surface area contributed by atoms with Gasteiger partial charge in [0.1, 0.15) is 11.2 Å². The topological polar surface area (TPSA) is 34.2 Å². The van der Waals surface area contributed by atoms with Crippen molar-refractivity contribution >= 4 is 61.1 Å². The Labute approximate surface area is 259 Å². The highest BCUT2D eigenvalue weighted by Crippen LogP contribution is 2.50. The molecule has 0 saturated heterocycles. The first kappa shape index (κ1) is 24.3. The summed E-state index contributed by atoms with van der Waals surface area (Å²) in [5.74, 6) is 0.866. The number of benzene rings is 7. The Balaban J connectivity index is 1.23. The molecule has 0 bridgehead atoms. The van der Waals surface area contributed by atoms with Gasteiger partial charge in [-0.3, -0.25) is 9.47 Å². The van der Waals surface area contributed by atoms with Crippen LogP contribution in [0.1, 0.15) is 0 Å². The van der Waals surface area contributed by atoms with Crippen molar-refractivity contribution in [3.63, 3.8) is 0 Å². The molecular weight excluding hydrogens is 550 g/mol. The fraction of sp³-hybridized carbons (Fsp3) is 0. The maximum Gasteiger partial charge on any atom is 0.220 e. The highest BCUT2D eigenvalue weighted by Gasteiger charge is 2.30. The average Bonchev–Trinajstić information content (AvgIpc) is 3.64. The molecular formula is C41H25N3O. The van der Waals surface area contributed by atoms with Gasteiger partial charge < -0.3 is 4.42 Å². The third kappa shape index (κ3) is 3.45. The van der Waals surface area contributed by atoms with Crippen molar-refractivity contribution in [3.05, 3.63) is 152 Å². The van der Waals surface area contributed by atoms with Crippen molar-refractivity contribution in [2.75, 3.05) is 4.90 Å². The summed E-state index contributed by atoms with van der Waals surface area (Å²) >= 11 is 0. The van der Waals surface area contributed by atoms with Crippen LogP contribution in [0.15, 0.2) is 156 Å². The SMILES string of the molecule is c1ccc2c(c1)-c1c(ccc3ccccc13)N(c1ccc(-c3cccc4c3oc3ccccc34)cc1)c1nc3ccccc3n1-2. The number of rotatable bonds is 2. The number of imidazole rings is 1. The van der Waals surface area contributed by atoms with Gasteiger partial charge >= 0.3 is 0 Å². The summed E-state index contributed by atoms with van der Waals surface area (Å²) in [5, 5.41) is 4.70. The molecule has 1 aliphatic heterocycles. The van der Waals surface area contributed by atoms with Crippen LogP contribution >= 0.6 is 0 Å². The van der Waals surface area contributed by atoms with Crippen LogP contribution in [0.25, 0.3) is 71.7 Å². The van der Waals surface area contributed by atoms with Gasteiger partial charge in [0, 0.05) is 33.2 Å². The second-order valence-electron chi connectivity index (χ2n) is 11.6. The third-order valence-electron chi connectivity index (χ3n) is 9.15. The smallest absolute Gasteiger partial charge is 0.220 e. The number of hydrogen-bond acceptors (Lipinski definition) is 3. The molecule has 0 N–H and O–H groups in total. The maximum atomic E-state index is 6.38. The number of fused-ring (bicyclic) bond motifs is 12. The van der Waals surface area contributed by atoms with Gasteiger partial charge in [-0.2, -0.15) is 0 Å². The molecule has 0 saturated carbocycles. The van der Waals surface area contributed by atoms with E-state index in [2.05, 4.69) is 149 Å². The summed E-state index contributed by atoms with van der Waals surface area (Å²) in [6, 6.07) is 53.6. The quantitative estimate of drug-likeness (QED) is 0.206. The predicted molar refractivity (Wildman–Crippen MR) is 185 cm³/mol. The number of hydrogen-bond donors (Lipinski definition) is 0. The second kappa shape index (κ2) is 9.18. The van der Waals surface area contributed by atoms with Crippen LogP contribution in [0.2, 0.25) is 0 Å². The lowest BCUT2D eigenvalue weighted by Crippen LogP contribution is -2.14. The van der Waals surface area contributed by atoms with E-state index in [1.807, 2.05) is 12.1 Å². The van der Waals surface area contributed by atoms with Gasteiger partial charge in [0.05, 0.1) is 22.4 Å². The fourth-order valence-corrected chi connectivity index (χ4v) is 7.14. The van der Waals surface area contributed by atoms with Gasteiger partial charge in [0.25, 0.3) is 0 Å². The zero-order valence-electron chi connectivity index (χ0n) is 24.2. The third-order valence-corrected chi connectivity index (χ3v) is 9.15. The van der Waals surface area contributed by atoms with Crippen LogP contribution in [0, 0.1) is 0 Å². The van der Waals surface area contributed by atoms with Crippen LogP contribution in [0.4, 0.5) is 17.3 Å². The molecule has 4 nitrogen and oxygen atoms in total. The van der Waals surface area contributed by atoms with Gasteiger partial charge in [-0.1, -0.05) is 109 Å². The second-order valence-corrected chi connectivity index (χ2v) is 11.6. The number of nitrogens with zero attached hydrogens (tertiary/aromatic N) is 3. The minimum atomic E-state index is 0.866. The summed E-state index contributed by atoms with van der Waals surface area (Å²) in [5.41, 5.74) is 11.7. The molecule has 1 aliphatic rings. The first-order valence-corrected chi connectivity index (χ1v) is 15.2. The highest BCUT2D eigenvalue weighted by atomic mass is 16.3. The molecule has 4 heteroatoms. The zero-order valence-corrected chi connectivity index (χ0v) is 24.2. The minimum absolute atomic E-state index is 0.866. The highest BCUT2D eigenvalue weighted by molar-refractivity contribution is 6.10. The van der Waals surface area contributed by atoms with Crippen molar-refractivity contribution < 1.29 is 4.42 Å². The lowest BCUT2D eigenvalue weighted by Gasteiger charge is -2.25. The molecule has 0 fully saturated rings. The molecule has 0 atom stereocenters. The van der Waals surface area contributed by atoms with E-state index >= 15 is 0 Å². The summed E-state index contributed by atoms with van der Waals surface area (Å²) in [6.07, 6.45) is 0. The van der Waals surface area contributed by atoms with Crippen molar-refractivity contribution in [2.45, 2.75) is 0 Å². The van der Waals surface area contributed by atoms with E-state index in [0.717, 1.165) is 67.1 Å². The Morgan fingerprint density at radius 3 is 2.18 bits per heavy atom. The number of aromatic nitrogens is 2. The molecule has 0 amide bonds. The first-order valence-electron chi connectivity index (χ1n) is 15.2. The van der Waals surface area contributed by atoms with Gasteiger partial charge in [0.2, 0.25) is 5.95 Å². The van der Waals surface area contributed by atoms with Crippen molar-refractivity contribution in [2.24, 2.45) is 0 Å². The number of para-hydroxylation sites is 5. The maximum absolute atomic E-state index is 6.38. The lowest BCUT2D eigenvalue weighted by molar-refractivity contribution is 0.670. The molecule has 0 aliphatic carbocycles. The number of anilines is 3. The van der Waals surface area contributed by atoms with E-state index < -0.39 is 0 Å². The molecule has 2 aromatic heterocycles. The van der Waals surface area contributed by atoms with Gasteiger partial charge in [0.15, 0.2) is 0 Å². The molecule has 45 heavy (non-hydrogen) atoms. The zero-order chi connectivity index (χ0) is 29.5. The van der Waals surface area contributed by atoms with Crippen LogP contribution in [-0.2, 0) is 0 Å². The molecule has 9 aromatic rings. The van der Waals surface area contributed by atoms with E-state index in [1.165, 1.54) is 21.9 Å². The molecule has 0 unspecified atom stereocenters. The largest absolute Gasteiger partial charge is 0.455 e. The summed E-state index contributed by atoms with van der Waals surface area (Å²) in [7, 11) is 0. The number of furan rings is 1. The predicted octanol–water partition coefficient (Wildman–Crippen LogP) is 11.2. The molecule has 10 rings (SSSR count). The van der Waals surface area contributed by atoms with Crippen molar-refractivity contribution in [1.29, 1.82) is 0 Å². The van der Waals surface area contributed by atoms with Crippen molar-refractivity contribution in [1.82, 2.24) is 9.55 Å². The van der Waals surface area contributed by atoms with Gasteiger partial charge in [-0.05, 0) is 58.8 Å². The Hall–Kier alpha value is -6.13. The van der Waals surface area contributed by atoms with Crippen LogP contribution in [0.3, 0.4) is 0 Å². The average molecular weight is 576 g/mol. The summed E-state index contributed by atoms with van der Waals surface area (Å²) < 4.78 is 8.69. The molecule has 0 radical (unpaired) electrons. The van der Waals surface area contributed by atoms with Crippen LogP contribution in [-0.4, -0.2) is 9.55 Å². The van der Waals surface area contributed by atoms with E-state index in [9.17, 15) is 0 Å². The Morgan fingerprint density at radius 2 is 1.24 bits per heavy atom. The molecule has 210 valence electrons. The van der Waals surface area contributed by atoms with Gasteiger partial charge in [-0.25, -0.2) is 4.98 Å². The summed E-state index contributed by atoms with van der Waals surface area (Å²) in [6.45, 7) is 0. The van der Waals surface area contributed by atoms with E-state index in [0.29, 0.717) is 0 Å². The molecule has 3 heterocycles. The monoisotopic (exact) mass is 575 g/mol. The normalized spacial score (nSPS) is 12.4. The Kier molecular flexibility index (Phi) is 4.96. The Bertz CT molecular complexity index is 2610. The summed E-state index contributed by atoms with van der Waals surface area (Å²) in [4.78, 5) is 7.58. The van der Waals surface area contributed by atoms with Crippen LogP contribution < -0.4 is 4.90 Å².